The summed E-state index contributed by atoms with van der Waals surface area (Å²) in [6.07, 6.45) is 2.31. The SMILES string of the molecule is NC(=O)c1cnc(N[C@H]2CC[C@H](OCC(F)(F)F)CC2)nc1NC1CCC1. The number of halogens is 3. The molecule has 0 unspecified atom stereocenters. The van der Waals surface area contributed by atoms with E-state index in [9.17, 15) is 18.0 Å². The molecule has 27 heavy (non-hydrogen) atoms. The van der Waals surface area contributed by atoms with Gasteiger partial charge in [0.25, 0.3) is 5.91 Å². The fourth-order valence-corrected chi connectivity index (χ4v) is 3.26. The van der Waals surface area contributed by atoms with Crippen molar-refractivity contribution in [2.45, 2.75) is 69.3 Å². The Bertz CT molecular complexity index is 658. The van der Waals surface area contributed by atoms with Crippen molar-refractivity contribution in [2.24, 2.45) is 5.73 Å². The van der Waals surface area contributed by atoms with Crippen LogP contribution in [0.2, 0.25) is 0 Å². The molecule has 4 N–H and O–H groups in total. The smallest absolute Gasteiger partial charge is 0.369 e. The lowest BCUT2D eigenvalue weighted by Crippen LogP contribution is -2.33. The number of carbonyl (C=O) groups is 1. The van der Waals surface area contributed by atoms with Crippen LogP contribution >= 0.6 is 0 Å². The summed E-state index contributed by atoms with van der Waals surface area (Å²) in [5, 5.41) is 6.42. The zero-order valence-corrected chi connectivity index (χ0v) is 14.9. The third-order valence-electron chi connectivity index (χ3n) is 4.99. The first-order valence-electron chi connectivity index (χ1n) is 9.18. The number of carbonyl (C=O) groups excluding carboxylic acids is 1. The van der Waals surface area contributed by atoms with Gasteiger partial charge in [-0.2, -0.15) is 18.2 Å². The molecule has 10 heteroatoms. The average molecular weight is 387 g/mol. The van der Waals surface area contributed by atoms with E-state index in [2.05, 4.69) is 20.6 Å². The van der Waals surface area contributed by atoms with E-state index in [-0.39, 0.29) is 23.8 Å². The van der Waals surface area contributed by atoms with E-state index in [1.54, 1.807) is 0 Å². The summed E-state index contributed by atoms with van der Waals surface area (Å²) in [5.41, 5.74) is 5.63. The topological polar surface area (TPSA) is 102 Å². The Morgan fingerprint density at radius 2 is 1.81 bits per heavy atom. The molecule has 1 aromatic rings. The van der Waals surface area contributed by atoms with E-state index in [0.717, 1.165) is 19.3 Å². The lowest BCUT2D eigenvalue weighted by Gasteiger charge is -2.30. The van der Waals surface area contributed by atoms with E-state index in [0.29, 0.717) is 37.4 Å². The molecule has 2 saturated carbocycles. The number of amides is 1. The number of hydrogen-bond acceptors (Lipinski definition) is 6. The number of rotatable bonds is 7. The summed E-state index contributed by atoms with van der Waals surface area (Å²) in [7, 11) is 0. The molecule has 2 aliphatic rings. The third kappa shape index (κ3) is 5.69. The van der Waals surface area contributed by atoms with Gasteiger partial charge < -0.3 is 21.1 Å². The van der Waals surface area contributed by atoms with Crippen LogP contribution in [0, 0.1) is 0 Å². The highest BCUT2D eigenvalue weighted by molar-refractivity contribution is 5.97. The van der Waals surface area contributed by atoms with Crippen LogP contribution in [0.1, 0.15) is 55.3 Å². The Labute approximate surface area is 155 Å². The van der Waals surface area contributed by atoms with E-state index < -0.39 is 18.7 Å². The second kappa shape index (κ2) is 8.28. The van der Waals surface area contributed by atoms with Crippen molar-refractivity contribution in [1.82, 2.24) is 9.97 Å². The molecule has 0 saturated heterocycles. The Morgan fingerprint density at radius 3 is 2.37 bits per heavy atom. The van der Waals surface area contributed by atoms with Gasteiger partial charge in [-0.15, -0.1) is 0 Å². The van der Waals surface area contributed by atoms with Crippen LogP contribution in [0.5, 0.6) is 0 Å². The quantitative estimate of drug-likeness (QED) is 0.665. The fraction of sp³-hybridized carbons (Fsp3) is 0.706. The molecule has 3 rings (SSSR count). The second-order valence-corrected chi connectivity index (χ2v) is 7.14. The summed E-state index contributed by atoms with van der Waals surface area (Å²) < 4.78 is 41.6. The van der Waals surface area contributed by atoms with Gasteiger partial charge in [0.15, 0.2) is 0 Å². The van der Waals surface area contributed by atoms with Crippen molar-refractivity contribution in [3.05, 3.63) is 11.8 Å². The summed E-state index contributed by atoms with van der Waals surface area (Å²) in [4.78, 5) is 20.1. The largest absolute Gasteiger partial charge is 0.411 e. The zero-order valence-electron chi connectivity index (χ0n) is 14.9. The molecule has 150 valence electrons. The summed E-state index contributed by atoms with van der Waals surface area (Å²) in [6, 6.07) is 0.332. The first-order chi connectivity index (χ1) is 12.8. The van der Waals surface area contributed by atoms with Gasteiger partial charge in [0.2, 0.25) is 5.95 Å². The number of alkyl halides is 3. The maximum Gasteiger partial charge on any atom is 0.411 e. The Hall–Kier alpha value is -2.10. The average Bonchev–Trinajstić information content (AvgIpc) is 2.57. The number of ether oxygens (including phenoxy) is 1. The number of nitrogens with one attached hydrogen (secondary N) is 2. The van der Waals surface area contributed by atoms with Gasteiger partial charge in [-0.05, 0) is 44.9 Å². The van der Waals surface area contributed by atoms with Gasteiger partial charge in [0, 0.05) is 18.3 Å². The lowest BCUT2D eigenvalue weighted by atomic mass is 9.93. The first-order valence-corrected chi connectivity index (χ1v) is 9.18. The van der Waals surface area contributed by atoms with Gasteiger partial charge >= 0.3 is 6.18 Å². The minimum atomic E-state index is -4.30. The number of hydrogen-bond donors (Lipinski definition) is 3. The Morgan fingerprint density at radius 1 is 1.15 bits per heavy atom. The van der Waals surface area contributed by atoms with Crippen LogP contribution in [0.15, 0.2) is 6.20 Å². The number of primary amides is 1. The van der Waals surface area contributed by atoms with Gasteiger partial charge in [0.05, 0.1) is 11.7 Å². The fourth-order valence-electron chi connectivity index (χ4n) is 3.26. The normalized spacial score (nSPS) is 23.5. The minimum absolute atomic E-state index is 0.0479. The van der Waals surface area contributed by atoms with Crippen LogP contribution in [-0.4, -0.2) is 46.8 Å². The molecule has 1 aromatic heterocycles. The number of aromatic nitrogens is 2. The maximum atomic E-state index is 12.2. The monoisotopic (exact) mass is 387 g/mol. The van der Waals surface area contributed by atoms with Crippen molar-refractivity contribution < 1.29 is 22.7 Å². The Kier molecular flexibility index (Phi) is 6.03. The van der Waals surface area contributed by atoms with Crippen molar-refractivity contribution >= 4 is 17.7 Å². The van der Waals surface area contributed by atoms with Gasteiger partial charge in [-0.25, -0.2) is 4.98 Å². The van der Waals surface area contributed by atoms with Crippen LogP contribution in [0.25, 0.3) is 0 Å². The molecule has 2 aliphatic carbocycles. The van der Waals surface area contributed by atoms with Crippen LogP contribution in [-0.2, 0) is 4.74 Å². The maximum absolute atomic E-state index is 12.2. The number of nitrogens with two attached hydrogens (primary N) is 1. The molecule has 0 bridgehead atoms. The van der Waals surface area contributed by atoms with Gasteiger partial charge in [0.1, 0.15) is 12.4 Å². The number of anilines is 2. The molecule has 0 spiro atoms. The van der Waals surface area contributed by atoms with E-state index in [4.69, 9.17) is 10.5 Å². The standard InChI is InChI=1S/C17H24F3N5O2/c18-17(19,20)9-27-12-6-4-11(5-7-12)24-16-22-8-13(14(21)26)15(25-16)23-10-2-1-3-10/h8,10-12H,1-7,9H2,(H2,21,26)(H2,22,23,24,25)/t11-,12-. The van der Waals surface area contributed by atoms with Gasteiger partial charge in [-0.3, -0.25) is 4.79 Å². The van der Waals surface area contributed by atoms with Crippen molar-refractivity contribution in [3.63, 3.8) is 0 Å². The highest BCUT2D eigenvalue weighted by Gasteiger charge is 2.31. The molecule has 1 amide bonds. The summed E-state index contributed by atoms with van der Waals surface area (Å²) in [6.45, 7) is -1.20. The summed E-state index contributed by atoms with van der Waals surface area (Å²) in [5.74, 6) is 0.207. The van der Waals surface area contributed by atoms with Crippen LogP contribution < -0.4 is 16.4 Å². The minimum Gasteiger partial charge on any atom is -0.369 e. The molecule has 0 radical (unpaired) electrons. The van der Waals surface area contributed by atoms with E-state index in [1.165, 1.54) is 6.20 Å². The zero-order chi connectivity index (χ0) is 19.4. The van der Waals surface area contributed by atoms with Crippen molar-refractivity contribution in [3.8, 4) is 0 Å². The molecule has 2 fully saturated rings. The molecule has 7 nitrogen and oxygen atoms in total. The van der Waals surface area contributed by atoms with Gasteiger partial charge in [-0.1, -0.05) is 0 Å². The van der Waals surface area contributed by atoms with Crippen LogP contribution in [0.4, 0.5) is 24.9 Å². The van der Waals surface area contributed by atoms with Crippen molar-refractivity contribution in [1.29, 1.82) is 0 Å². The molecule has 1 heterocycles. The Balaban J connectivity index is 1.54. The highest BCUT2D eigenvalue weighted by Crippen LogP contribution is 2.27. The predicted octanol–water partition coefficient (Wildman–Crippen LogP) is 2.84. The predicted molar refractivity (Wildman–Crippen MR) is 93.5 cm³/mol. The van der Waals surface area contributed by atoms with Crippen LogP contribution in [0.3, 0.4) is 0 Å². The highest BCUT2D eigenvalue weighted by atomic mass is 19.4. The molecular weight excluding hydrogens is 363 g/mol. The lowest BCUT2D eigenvalue weighted by molar-refractivity contribution is -0.187. The second-order valence-electron chi connectivity index (χ2n) is 7.14. The molecule has 0 aromatic carbocycles. The molecule has 0 atom stereocenters. The van der Waals surface area contributed by atoms with E-state index in [1.807, 2.05) is 0 Å². The van der Waals surface area contributed by atoms with Crippen molar-refractivity contribution in [2.75, 3.05) is 17.2 Å². The molecule has 0 aliphatic heterocycles. The summed E-state index contributed by atoms with van der Waals surface area (Å²) >= 11 is 0. The van der Waals surface area contributed by atoms with E-state index >= 15 is 0 Å². The third-order valence-corrected chi connectivity index (χ3v) is 4.99. The first kappa shape index (κ1) is 19.7. The molecular formula is C17H24F3N5O2. The number of nitrogens with zero attached hydrogens (tertiary/aromatic N) is 2.